The second-order valence-electron chi connectivity index (χ2n) is 1.68. The quantitative estimate of drug-likeness (QED) is 0.534. The molecule has 6 nitrogen and oxygen atoms in total. The summed E-state index contributed by atoms with van der Waals surface area (Å²) >= 11 is 0. The highest BCUT2D eigenvalue weighted by molar-refractivity contribution is 6.02. The molecular formula is C5H3N2O4. The highest BCUT2D eigenvalue weighted by Gasteiger charge is 2.23. The fourth-order valence-corrected chi connectivity index (χ4v) is 0.580. The van der Waals surface area contributed by atoms with Crippen molar-refractivity contribution in [2.24, 2.45) is 4.99 Å². The Morgan fingerprint density at radius 1 is 1.18 bits per heavy atom. The van der Waals surface area contributed by atoms with Crippen molar-refractivity contribution in [2.75, 3.05) is 0 Å². The molecule has 0 aromatic carbocycles. The maximum Gasteiger partial charge on any atom is 0.357 e. The van der Waals surface area contributed by atoms with E-state index in [0.717, 1.165) is 6.34 Å². The van der Waals surface area contributed by atoms with E-state index < -0.39 is 23.3 Å². The Morgan fingerprint density at radius 2 is 1.73 bits per heavy atom. The van der Waals surface area contributed by atoms with E-state index in [0.29, 0.717) is 0 Å². The summed E-state index contributed by atoms with van der Waals surface area (Å²) < 4.78 is 0. The molecule has 0 aromatic heterocycles. The lowest BCUT2D eigenvalue weighted by atomic mass is 10.3. The summed E-state index contributed by atoms with van der Waals surface area (Å²) in [7, 11) is 0. The van der Waals surface area contributed by atoms with Crippen LogP contribution in [0.1, 0.15) is 0 Å². The van der Waals surface area contributed by atoms with Crippen molar-refractivity contribution in [3.8, 4) is 0 Å². The molecule has 11 heavy (non-hydrogen) atoms. The lowest BCUT2D eigenvalue weighted by Crippen LogP contribution is -2.12. The van der Waals surface area contributed by atoms with Crippen LogP contribution in [0.3, 0.4) is 0 Å². The van der Waals surface area contributed by atoms with Crippen molar-refractivity contribution in [1.82, 2.24) is 5.32 Å². The zero-order valence-electron chi connectivity index (χ0n) is 5.18. The predicted molar refractivity (Wildman–Crippen MR) is 32.9 cm³/mol. The molecule has 1 aliphatic heterocycles. The molecule has 0 atom stereocenters. The van der Waals surface area contributed by atoms with Crippen molar-refractivity contribution in [3.63, 3.8) is 0 Å². The first kappa shape index (κ1) is 7.26. The van der Waals surface area contributed by atoms with Gasteiger partial charge in [0.25, 0.3) is 0 Å². The molecule has 57 valence electrons. The molecule has 1 aliphatic rings. The van der Waals surface area contributed by atoms with Gasteiger partial charge in [-0.15, -0.1) is 0 Å². The van der Waals surface area contributed by atoms with Crippen molar-refractivity contribution in [2.45, 2.75) is 0 Å². The first-order valence-corrected chi connectivity index (χ1v) is 2.57. The van der Waals surface area contributed by atoms with Crippen molar-refractivity contribution >= 4 is 18.3 Å². The third-order valence-electron chi connectivity index (χ3n) is 1.00. The maximum absolute atomic E-state index is 10.2. The fourth-order valence-electron chi connectivity index (χ4n) is 0.580. The molecule has 0 fully saturated rings. The van der Waals surface area contributed by atoms with Gasteiger partial charge in [-0.25, -0.2) is 19.9 Å². The van der Waals surface area contributed by atoms with Crippen LogP contribution < -0.4 is 5.32 Å². The number of rotatable bonds is 2. The van der Waals surface area contributed by atoms with Crippen LogP contribution in [0.4, 0.5) is 0 Å². The summed E-state index contributed by atoms with van der Waals surface area (Å²) in [5, 5.41) is 19.9. The third-order valence-corrected chi connectivity index (χ3v) is 1.00. The zero-order valence-corrected chi connectivity index (χ0v) is 5.18. The highest BCUT2D eigenvalue weighted by atomic mass is 16.4. The van der Waals surface area contributed by atoms with Crippen molar-refractivity contribution in [1.29, 1.82) is 0 Å². The molecule has 1 heterocycles. The molecule has 2 N–H and O–H groups in total. The fraction of sp³-hybridized carbons (Fsp3) is 0. The zero-order chi connectivity index (χ0) is 8.43. The number of hydrogen-bond donors (Lipinski definition) is 2. The lowest BCUT2D eigenvalue weighted by molar-refractivity contribution is -0.136. The summed E-state index contributed by atoms with van der Waals surface area (Å²) in [5.74, 6) is -2.78. The summed E-state index contributed by atoms with van der Waals surface area (Å²) in [6, 6.07) is 0. The summed E-state index contributed by atoms with van der Waals surface area (Å²) in [6.45, 7) is 0. The summed E-state index contributed by atoms with van der Waals surface area (Å²) in [6.07, 6.45) is 0.896. The second-order valence-corrected chi connectivity index (χ2v) is 1.68. The van der Waals surface area contributed by atoms with Gasteiger partial charge in [0.1, 0.15) is 6.34 Å². The SMILES string of the molecule is O=C(O)C1=C(C(=O)O)N=C[N]1. The number of carboxylic acids is 2. The van der Waals surface area contributed by atoms with Crippen LogP contribution >= 0.6 is 0 Å². The molecule has 1 rings (SSSR count). The predicted octanol–water partition coefficient (Wildman–Crippen LogP) is -0.986. The van der Waals surface area contributed by atoms with Gasteiger partial charge in [0, 0.05) is 0 Å². The number of aliphatic imine (C=N–C) groups is 1. The minimum atomic E-state index is -1.39. The van der Waals surface area contributed by atoms with Crippen LogP contribution in [0.15, 0.2) is 16.4 Å². The molecule has 0 saturated carbocycles. The summed E-state index contributed by atoms with van der Waals surface area (Å²) in [5.41, 5.74) is -1.06. The molecule has 0 spiro atoms. The number of carboxylic acid groups (broad SMARTS) is 2. The molecule has 0 bridgehead atoms. The Balaban J connectivity index is 3.02. The number of aliphatic carboxylic acids is 2. The smallest absolute Gasteiger partial charge is 0.357 e. The van der Waals surface area contributed by atoms with Gasteiger partial charge in [0.05, 0.1) is 0 Å². The monoisotopic (exact) mass is 155 g/mol. The van der Waals surface area contributed by atoms with Gasteiger partial charge in [0.15, 0.2) is 11.4 Å². The molecular weight excluding hydrogens is 152 g/mol. The van der Waals surface area contributed by atoms with Crippen molar-refractivity contribution < 1.29 is 19.8 Å². The van der Waals surface area contributed by atoms with Gasteiger partial charge in [-0.2, -0.15) is 0 Å². The van der Waals surface area contributed by atoms with Crippen LogP contribution in [0.5, 0.6) is 0 Å². The maximum atomic E-state index is 10.2. The van der Waals surface area contributed by atoms with E-state index in [4.69, 9.17) is 10.2 Å². The van der Waals surface area contributed by atoms with E-state index in [-0.39, 0.29) is 0 Å². The molecule has 0 unspecified atom stereocenters. The minimum Gasteiger partial charge on any atom is -0.476 e. The Bertz CT molecular complexity index is 278. The van der Waals surface area contributed by atoms with E-state index in [1.54, 1.807) is 0 Å². The number of hydrogen-bond acceptors (Lipinski definition) is 3. The third kappa shape index (κ3) is 1.18. The second kappa shape index (κ2) is 2.41. The number of carbonyl (C=O) groups is 2. The highest BCUT2D eigenvalue weighted by Crippen LogP contribution is 2.08. The molecule has 6 heteroatoms. The van der Waals surface area contributed by atoms with E-state index >= 15 is 0 Å². The average Bonchev–Trinajstić information content (AvgIpc) is 2.32. The molecule has 0 saturated heterocycles. The number of nitrogens with zero attached hydrogens (tertiary/aromatic N) is 2. The Morgan fingerprint density at radius 3 is 2.09 bits per heavy atom. The standard InChI is InChI=1S/C5H3N2O4/c8-4(9)2-3(5(10)11)7-1-6-2/h1H,(H,8,9)(H,10,11). The van der Waals surface area contributed by atoms with Crippen LogP contribution in [0, 0.1) is 0 Å². The van der Waals surface area contributed by atoms with E-state index in [9.17, 15) is 9.59 Å². The molecule has 0 amide bonds. The van der Waals surface area contributed by atoms with Gasteiger partial charge in [-0.1, -0.05) is 0 Å². The van der Waals surface area contributed by atoms with Crippen LogP contribution in [-0.4, -0.2) is 28.5 Å². The van der Waals surface area contributed by atoms with Gasteiger partial charge in [-0.05, 0) is 0 Å². The normalized spacial score (nSPS) is 14.9. The minimum absolute atomic E-state index is 0.530. The molecule has 0 aliphatic carbocycles. The summed E-state index contributed by atoms with van der Waals surface area (Å²) in [4.78, 5) is 23.7. The van der Waals surface area contributed by atoms with Gasteiger partial charge < -0.3 is 10.2 Å². The van der Waals surface area contributed by atoms with Crippen LogP contribution in [-0.2, 0) is 9.59 Å². The van der Waals surface area contributed by atoms with Gasteiger partial charge in [0.2, 0.25) is 0 Å². The van der Waals surface area contributed by atoms with E-state index in [2.05, 4.69) is 10.3 Å². The van der Waals surface area contributed by atoms with E-state index in [1.807, 2.05) is 0 Å². The first-order valence-electron chi connectivity index (χ1n) is 2.57. The Kier molecular flexibility index (Phi) is 1.59. The Hall–Kier alpha value is -1.85. The van der Waals surface area contributed by atoms with E-state index in [1.165, 1.54) is 0 Å². The first-order chi connectivity index (χ1) is 5.13. The molecule has 1 radical (unpaired) electrons. The Labute approximate surface area is 60.9 Å². The van der Waals surface area contributed by atoms with Crippen LogP contribution in [0.2, 0.25) is 0 Å². The van der Waals surface area contributed by atoms with Gasteiger partial charge >= 0.3 is 11.9 Å². The van der Waals surface area contributed by atoms with Gasteiger partial charge in [-0.3, -0.25) is 0 Å². The topological polar surface area (TPSA) is 101 Å². The largest absolute Gasteiger partial charge is 0.476 e. The average molecular weight is 155 g/mol. The van der Waals surface area contributed by atoms with Crippen molar-refractivity contribution in [3.05, 3.63) is 11.4 Å². The lowest BCUT2D eigenvalue weighted by Gasteiger charge is -1.92. The molecule has 0 aromatic rings. The van der Waals surface area contributed by atoms with Crippen LogP contribution in [0.25, 0.3) is 0 Å².